The van der Waals surface area contributed by atoms with Crippen molar-refractivity contribution in [3.8, 4) is 0 Å². The summed E-state index contributed by atoms with van der Waals surface area (Å²) in [5.74, 6) is 1.66. The summed E-state index contributed by atoms with van der Waals surface area (Å²) in [4.78, 5) is 11.5. The Morgan fingerprint density at radius 2 is 1.87 bits per heavy atom. The van der Waals surface area contributed by atoms with Gasteiger partial charge in [0.1, 0.15) is 5.78 Å². The van der Waals surface area contributed by atoms with Gasteiger partial charge in [-0.1, -0.05) is 20.8 Å². The predicted octanol–water partition coefficient (Wildman–Crippen LogP) is 2.77. The van der Waals surface area contributed by atoms with Gasteiger partial charge in [0.05, 0.1) is 0 Å². The van der Waals surface area contributed by atoms with Gasteiger partial charge >= 0.3 is 0 Å². The number of carbonyl (C=O) groups is 1. The van der Waals surface area contributed by atoms with E-state index < -0.39 is 0 Å². The molecule has 1 aliphatic carbocycles. The Morgan fingerprint density at radius 1 is 1.27 bits per heavy atom. The van der Waals surface area contributed by atoms with Crippen molar-refractivity contribution < 1.29 is 4.79 Å². The van der Waals surface area contributed by atoms with Crippen LogP contribution in [-0.2, 0) is 4.79 Å². The minimum Gasteiger partial charge on any atom is -0.314 e. The maximum absolute atomic E-state index is 11.5. The molecule has 1 N–H and O–H groups in total. The van der Waals surface area contributed by atoms with Crippen LogP contribution in [0.15, 0.2) is 0 Å². The van der Waals surface area contributed by atoms with Gasteiger partial charge in [0.25, 0.3) is 0 Å². The van der Waals surface area contributed by atoms with Crippen LogP contribution in [0.5, 0.6) is 0 Å². The lowest BCUT2D eigenvalue weighted by molar-refractivity contribution is -0.123. The smallest absolute Gasteiger partial charge is 0.135 e. The topological polar surface area (TPSA) is 29.1 Å². The molecule has 0 unspecified atom stereocenters. The molecule has 0 bridgehead atoms. The highest BCUT2D eigenvalue weighted by atomic mass is 16.1. The molecule has 88 valence electrons. The molecular weight excluding hydrogens is 186 g/mol. The first-order valence-electron chi connectivity index (χ1n) is 6.39. The van der Waals surface area contributed by atoms with Crippen molar-refractivity contribution in [1.82, 2.24) is 5.32 Å². The summed E-state index contributed by atoms with van der Waals surface area (Å²) in [6.07, 6.45) is 5.43. The number of hydrogen-bond donors (Lipinski definition) is 1. The van der Waals surface area contributed by atoms with E-state index in [0.717, 1.165) is 31.7 Å². The van der Waals surface area contributed by atoms with E-state index in [-0.39, 0.29) is 0 Å². The second kappa shape index (κ2) is 6.26. The molecule has 0 atom stereocenters. The predicted molar refractivity (Wildman–Crippen MR) is 63.9 cm³/mol. The van der Waals surface area contributed by atoms with Crippen molar-refractivity contribution in [1.29, 1.82) is 0 Å². The van der Waals surface area contributed by atoms with Crippen molar-refractivity contribution in [3.05, 3.63) is 0 Å². The Hall–Kier alpha value is -0.370. The first-order chi connectivity index (χ1) is 7.13. The normalized spacial score (nSPS) is 26.9. The first-order valence-corrected chi connectivity index (χ1v) is 6.39. The quantitative estimate of drug-likeness (QED) is 0.757. The van der Waals surface area contributed by atoms with E-state index in [4.69, 9.17) is 0 Å². The molecule has 0 aromatic heterocycles. The first kappa shape index (κ1) is 12.7. The van der Waals surface area contributed by atoms with Gasteiger partial charge in [0.2, 0.25) is 0 Å². The number of hydrogen-bond acceptors (Lipinski definition) is 2. The van der Waals surface area contributed by atoms with E-state index in [1.165, 1.54) is 12.8 Å². The van der Waals surface area contributed by atoms with E-state index in [0.29, 0.717) is 17.7 Å². The summed E-state index contributed by atoms with van der Waals surface area (Å²) < 4.78 is 0. The lowest BCUT2D eigenvalue weighted by Gasteiger charge is -2.28. The van der Waals surface area contributed by atoms with Crippen molar-refractivity contribution in [2.75, 3.05) is 6.54 Å². The molecular formula is C13H25NO. The third kappa shape index (κ3) is 4.33. The van der Waals surface area contributed by atoms with Crippen LogP contribution in [0.3, 0.4) is 0 Å². The van der Waals surface area contributed by atoms with Crippen LogP contribution in [-0.4, -0.2) is 18.4 Å². The summed E-state index contributed by atoms with van der Waals surface area (Å²) in [5.41, 5.74) is 0. The fraction of sp³-hybridized carbons (Fsp3) is 0.923. The third-order valence-corrected chi connectivity index (χ3v) is 3.47. The van der Waals surface area contributed by atoms with Crippen molar-refractivity contribution >= 4 is 5.78 Å². The summed E-state index contributed by atoms with van der Waals surface area (Å²) in [7, 11) is 0. The number of Topliss-reactive ketones (excluding diaryl/α,β-unsaturated/α-hetero) is 1. The second-order valence-electron chi connectivity index (χ2n) is 5.10. The van der Waals surface area contributed by atoms with Gasteiger partial charge in [0.15, 0.2) is 0 Å². The van der Waals surface area contributed by atoms with Crippen LogP contribution in [0.2, 0.25) is 0 Å². The van der Waals surface area contributed by atoms with Gasteiger partial charge in [-0.05, 0) is 38.1 Å². The minimum atomic E-state index is 0.380. The molecule has 0 heterocycles. The Balaban J connectivity index is 2.21. The number of nitrogens with one attached hydrogen (secondary N) is 1. The van der Waals surface area contributed by atoms with Crippen molar-refractivity contribution in [3.63, 3.8) is 0 Å². The van der Waals surface area contributed by atoms with Gasteiger partial charge in [-0.3, -0.25) is 4.79 Å². The highest BCUT2D eigenvalue weighted by Crippen LogP contribution is 2.29. The van der Waals surface area contributed by atoms with Gasteiger partial charge < -0.3 is 5.32 Å². The lowest BCUT2D eigenvalue weighted by atomic mass is 9.79. The Kier molecular flexibility index (Phi) is 5.30. The average Bonchev–Trinajstić information content (AvgIpc) is 2.26. The fourth-order valence-electron chi connectivity index (χ4n) is 2.38. The minimum absolute atomic E-state index is 0.380. The van der Waals surface area contributed by atoms with Gasteiger partial charge in [0, 0.05) is 18.4 Å². The standard InChI is InChI=1S/C13H25NO/c1-4-13(15)12-7-5-11(6-8-12)9-14-10(2)3/h10-12,14H,4-9H2,1-3H3/t11-,12-. The second-order valence-corrected chi connectivity index (χ2v) is 5.10. The Bertz CT molecular complexity index is 193. The van der Waals surface area contributed by atoms with E-state index in [1.54, 1.807) is 0 Å². The monoisotopic (exact) mass is 211 g/mol. The van der Waals surface area contributed by atoms with Crippen LogP contribution in [0.1, 0.15) is 52.9 Å². The van der Waals surface area contributed by atoms with E-state index in [1.807, 2.05) is 6.92 Å². The maximum atomic E-state index is 11.5. The average molecular weight is 211 g/mol. The molecule has 1 aliphatic rings. The molecule has 0 spiro atoms. The van der Waals surface area contributed by atoms with E-state index in [2.05, 4.69) is 19.2 Å². The molecule has 1 saturated carbocycles. The van der Waals surface area contributed by atoms with Crippen LogP contribution in [0.25, 0.3) is 0 Å². The molecule has 0 saturated heterocycles. The molecule has 15 heavy (non-hydrogen) atoms. The van der Waals surface area contributed by atoms with Gasteiger partial charge in [-0.2, -0.15) is 0 Å². The van der Waals surface area contributed by atoms with Crippen LogP contribution < -0.4 is 5.32 Å². The van der Waals surface area contributed by atoms with Crippen molar-refractivity contribution in [2.45, 2.75) is 58.9 Å². The van der Waals surface area contributed by atoms with Crippen LogP contribution in [0, 0.1) is 11.8 Å². The highest BCUT2D eigenvalue weighted by molar-refractivity contribution is 5.80. The molecule has 1 fully saturated rings. The summed E-state index contributed by atoms with van der Waals surface area (Å²) in [6.45, 7) is 7.48. The Labute approximate surface area is 93.8 Å². The number of carbonyl (C=O) groups excluding carboxylic acids is 1. The molecule has 2 heteroatoms. The van der Waals surface area contributed by atoms with E-state index in [9.17, 15) is 4.79 Å². The maximum Gasteiger partial charge on any atom is 0.135 e. The van der Waals surface area contributed by atoms with Crippen LogP contribution >= 0.6 is 0 Å². The molecule has 0 aromatic carbocycles. The van der Waals surface area contributed by atoms with Crippen LogP contribution in [0.4, 0.5) is 0 Å². The van der Waals surface area contributed by atoms with Gasteiger partial charge in [-0.25, -0.2) is 0 Å². The number of rotatable bonds is 5. The summed E-state index contributed by atoms with van der Waals surface area (Å²) in [6, 6.07) is 0.583. The largest absolute Gasteiger partial charge is 0.314 e. The Morgan fingerprint density at radius 3 is 2.33 bits per heavy atom. The molecule has 0 radical (unpaired) electrons. The lowest BCUT2D eigenvalue weighted by Crippen LogP contribution is -2.32. The molecule has 0 aromatic rings. The van der Waals surface area contributed by atoms with Gasteiger partial charge in [-0.15, -0.1) is 0 Å². The van der Waals surface area contributed by atoms with Crippen molar-refractivity contribution in [2.24, 2.45) is 11.8 Å². The zero-order valence-corrected chi connectivity index (χ0v) is 10.4. The fourth-order valence-corrected chi connectivity index (χ4v) is 2.38. The summed E-state index contributed by atoms with van der Waals surface area (Å²) >= 11 is 0. The summed E-state index contributed by atoms with van der Waals surface area (Å²) in [5, 5.41) is 3.49. The zero-order valence-electron chi connectivity index (χ0n) is 10.4. The van der Waals surface area contributed by atoms with E-state index >= 15 is 0 Å². The molecule has 0 aliphatic heterocycles. The molecule has 1 rings (SSSR count). The SMILES string of the molecule is CCC(=O)[C@H]1CC[C@H](CNC(C)C)CC1. The highest BCUT2D eigenvalue weighted by Gasteiger charge is 2.24. The molecule has 2 nitrogen and oxygen atoms in total. The third-order valence-electron chi connectivity index (χ3n) is 3.47. The molecule has 0 amide bonds. The zero-order chi connectivity index (χ0) is 11.3. The number of ketones is 1.